The third-order valence-corrected chi connectivity index (χ3v) is 3.80. The molecule has 1 heterocycles. The second-order valence-corrected chi connectivity index (χ2v) is 5.78. The number of nitrogens with zero attached hydrogens (tertiary/aromatic N) is 1. The Morgan fingerprint density at radius 3 is 2.39 bits per heavy atom. The zero-order chi connectivity index (χ0) is 17.1. The van der Waals surface area contributed by atoms with E-state index in [9.17, 15) is 14.4 Å². The molecule has 6 nitrogen and oxygen atoms in total. The minimum Gasteiger partial charge on any atom is -0.461 e. The maximum absolute atomic E-state index is 12.6. The van der Waals surface area contributed by atoms with Gasteiger partial charge in [0.1, 0.15) is 12.1 Å². The van der Waals surface area contributed by atoms with Gasteiger partial charge >= 0.3 is 11.9 Å². The summed E-state index contributed by atoms with van der Waals surface area (Å²) in [4.78, 5) is 37.2. The van der Waals surface area contributed by atoms with Crippen LogP contribution in [0.5, 0.6) is 0 Å². The van der Waals surface area contributed by atoms with Gasteiger partial charge in [0.15, 0.2) is 6.61 Å². The van der Waals surface area contributed by atoms with Crippen LogP contribution in [-0.2, 0) is 23.9 Å². The number of aryl methyl sites for hydroxylation is 2. The molecule has 2 unspecified atom stereocenters. The third kappa shape index (κ3) is 3.70. The molecule has 0 saturated carbocycles. The van der Waals surface area contributed by atoms with Crippen molar-refractivity contribution in [1.82, 2.24) is 0 Å². The predicted molar refractivity (Wildman–Crippen MR) is 84.0 cm³/mol. The van der Waals surface area contributed by atoms with Gasteiger partial charge in [-0.05, 0) is 31.9 Å². The lowest BCUT2D eigenvalue weighted by atomic mass is 10.0. The number of rotatable bonds is 4. The fourth-order valence-electron chi connectivity index (χ4n) is 2.82. The van der Waals surface area contributed by atoms with Crippen LogP contribution in [0.2, 0.25) is 0 Å². The molecule has 0 aromatic heterocycles. The number of amides is 1. The number of hydrogen-bond acceptors (Lipinski definition) is 5. The van der Waals surface area contributed by atoms with E-state index in [-0.39, 0.29) is 6.10 Å². The van der Waals surface area contributed by atoms with Crippen molar-refractivity contribution in [1.29, 1.82) is 0 Å². The average molecular weight is 319 g/mol. The number of carbonyl (C=O) groups is 3. The summed E-state index contributed by atoms with van der Waals surface area (Å²) in [5, 5.41) is 0. The molecule has 1 aromatic carbocycles. The van der Waals surface area contributed by atoms with Crippen molar-refractivity contribution in [2.45, 2.75) is 46.3 Å². The molecule has 1 aromatic rings. The van der Waals surface area contributed by atoms with Crippen LogP contribution < -0.4 is 4.90 Å². The summed E-state index contributed by atoms with van der Waals surface area (Å²) < 4.78 is 10.0. The van der Waals surface area contributed by atoms with Gasteiger partial charge in [0.05, 0.1) is 5.69 Å². The Morgan fingerprint density at radius 1 is 1.30 bits per heavy atom. The minimum absolute atomic E-state index is 0.249. The van der Waals surface area contributed by atoms with Gasteiger partial charge in [-0.3, -0.25) is 14.5 Å². The number of ether oxygens (including phenoxy) is 2. The molecule has 1 aliphatic heterocycles. The standard InChI is InChI=1S/C17H21NO5/c1-10-6-5-7-11(2)16(10)18(15(20)9-22-13(4)19)14-8-12(3)23-17(14)21/h5-7,12,14H,8-9H2,1-4H3. The number of cyclic esters (lactones) is 1. The highest BCUT2D eigenvalue weighted by molar-refractivity contribution is 6.02. The Bertz CT molecular complexity index is 620. The molecule has 124 valence electrons. The molecule has 1 aliphatic rings. The fourth-order valence-corrected chi connectivity index (χ4v) is 2.82. The van der Waals surface area contributed by atoms with Crippen LogP contribution in [0.1, 0.15) is 31.4 Å². The first-order valence-corrected chi connectivity index (χ1v) is 7.53. The SMILES string of the molecule is CC(=O)OCC(=O)N(c1c(C)cccc1C)C1CC(C)OC1=O. The van der Waals surface area contributed by atoms with Gasteiger partial charge in [-0.15, -0.1) is 0 Å². The molecule has 0 bridgehead atoms. The summed E-state index contributed by atoms with van der Waals surface area (Å²) in [6.07, 6.45) is 0.166. The first-order valence-electron chi connectivity index (χ1n) is 7.53. The molecule has 1 saturated heterocycles. The van der Waals surface area contributed by atoms with E-state index in [1.807, 2.05) is 32.0 Å². The van der Waals surface area contributed by atoms with Crippen LogP contribution in [0.3, 0.4) is 0 Å². The topological polar surface area (TPSA) is 72.9 Å². The summed E-state index contributed by atoms with van der Waals surface area (Å²) in [6.45, 7) is 6.37. The van der Waals surface area contributed by atoms with Gasteiger partial charge in [0.25, 0.3) is 5.91 Å². The predicted octanol–water partition coefficient (Wildman–Crippen LogP) is 1.90. The minimum atomic E-state index is -0.701. The van der Waals surface area contributed by atoms with Crippen molar-refractivity contribution in [3.05, 3.63) is 29.3 Å². The molecular weight excluding hydrogens is 298 g/mol. The zero-order valence-corrected chi connectivity index (χ0v) is 13.8. The molecule has 1 amide bonds. The summed E-state index contributed by atoms with van der Waals surface area (Å²) in [7, 11) is 0. The Balaban J connectivity index is 2.41. The van der Waals surface area contributed by atoms with Crippen molar-refractivity contribution in [3.8, 4) is 0 Å². The lowest BCUT2D eigenvalue weighted by molar-refractivity contribution is -0.146. The van der Waals surface area contributed by atoms with Crippen LogP contribution in [0, 0.1) is 13.8 Å². The van der Waals surface area contributed by atoms with Gasteiger partial charge in [-0.1, -0.05) is 18.2 Å². The van der Waals surface area contributed by atoms with Crippen LogP contribution >= 0.6 is 0 Å². The smallest absolute Gasteiger partial charge is 0.329 e. The quantitative estimate of drug-likeness (QED) is 0.793. The first kappa shape index (κ1) is 17.0. The Kier molecular flexibility index (Phi) is 5.03. The highest BCUT2D eigenvalue weighted by atomic mass is 16.6. The van der Waals surface area contributed by atoms with E-state index in [1.54, 1.807) is 6.92 Å². The van der Waals surface area contributed by atoms with E-state index in [2.05, 4.69) is 0 Å². The average Bonchev–Trinajstić information content (AvgIpc) is 2.79. The number of benzene rings is 1. The summed E-state index contributed by atoms with van der Waals surface area (Å²) in [5.41, 5.74) is 2.41. The molecular formula is C17H21NO5. The Hall–Kier alpha value is -2.37. The Labute approximate surface area is 135 Å². The maximum atomic E-state index is 12.6. The highest BCUT2D eigenvalue weighted by Gasteiger charge is 2.40. The van der Waals surface area contributed by atoms with E-state index < -0.39 is 30.5 Å². The molecule has 6 heteroatoms. The van der Waals surface area contributed by atoms with Crippen molar-refractivity contribution in [3.63, 3.8) is 0 Å². The van der Waals surface area contributed by atoms with Crippen molar-refractivity contribution in [2.24, 2.45) is 0 Å². The summed E-state index contributed by atoms with van der Waals surface area (Å²) >= 11 is 0. The fraction of sp³-hybridized carbons (Fsp3) is 0.471. The second kappa shape index (κ2) is 6.81. The molecule has 2 rings (SSSR count). The van der Waals surface area contributed by atoms with E-state index in [0.29, 0.717) is 12.1 Å². The molecule has 1 fully saturated rings. The molecule has 0 spiro atoms. The van der Waals surface area contributed by atoms with Crippen LogP contribution in [0.4, 0.5) is 5.69 Å². The number of para-hydroxylation sites is 1. The summed E-state index contributed by atoms with van der Waals surface area (Å²) in [5.74, 6) is -1.41. The highest BCUT2D eigenvalue weighted by Crippen LogP contribution is 2.31. The first-order chi connectivity index (χ1) is 10.8. The number of carbonyl (C=O) groups excluding carboxylic acids is 3. The number of anilines is 1. The molecule has 0 N–H and O–H groups in total. The summed E-state index contributed by atoms with van der Waals surface area (Å²) in [6, 6.07) is 4.93. The van der Waals surface area contributed by atoms with E-state index in [4.69, 9.17) is 9.47 Å². The number of hydrogen-bond donors (Lipinski definition) is 0. The van der Waals surface area contributed by atoms with E-state index >= 15 is 0 Å². The largest absolute Gasteiger partial charge is 0.461 e. The van der Waals surface area contributed by atoms with Gasteiger partial charge in [-0.25, -0.2) is 4.79 Å². The van der Waals surface area contributed by atoms with Crippen molar-refractivity contribution >= 4 is 23.5 Å². The van der Waals surface area contributed by atoms with Gasteiger partial charge in [0, 0.05) is 13.3 Å². The van der Waals surface area contributed by atoms with Gasteiger partial charge in [0.2, 0.25) is 0 Å². The molecule has 0 radical (unpaired) electrons. The lowest BCUT2D eigenvalue weighted by Gasteiger charge is -2.29. The molecule has 0 aliphatic carbocycles. The molecule has 23 heavy (non-hydrogen) atoms. The van der Waals surface area contributed by atoms with Crippen molar-refractivity contribution < 1.29 is 23.9 Å². The normalized spacial score (nSPS) is 20.1. The van der Waals surface area contributed by atoms with E-state index in [1.165, 1.54) is 11.8 Å². The van der Waals surface area contributed by atoms with Crippen LogP contribution in [-0.4, -0.2) is 36.6 Å². The van der Waals surface area contributed by atoms with Crippen LogP contribution in [0.25, 0.3) is 0 Å². The van der Waals surface area contributed by atoms with Gasteiger partial charge in [-0.2, -0.15) is 0 Å². The molecule has 2 atom stereocenters. The van der Waals surface area contributed by atoms with E-state index in [0.717, 1.165) is 11.1 Å². The Morgan fingerprint density at radius 2 is 1.91 bits per heavy atom. The zero-order valence-electron chi connectivity index (χ0n) is 13.8. The monoisotopic (exact) mass is 319 g/mol. The third-order valence-electron chi connectivity index (χ3n) is 3.80. The van der Waals surface area contributed by atoms with Gasteiger partial charge < -0.3 is 9.47 Å². The maximum Gasteiger partial charge on any atom is 0.329 e. The van der Waals surface area contributed by atoms with Crippen molar-refractivity contribution in [2.75, 3.05) is 11.5 Å². The lowest BCUT2D eigenvalue weighted by Crippen LogP contribution is -2.46. The second-order valence-electron chi connectivity index (χ2n) is 5.78. The van der Waals surface area contributed by atoms with Crippen LogP contribution in [0.15, 0.2) is 18.2 Å². The number of esters is 2.